The third kappa shape index (κ3) is 0.787. The summed E-state index contributed by atoms with van der Waals surface area (Å²) in [5.74, 6) is 0.987. The van der Waals surface area contributed by atoms with E-state index in [1.807, 2.05) is 6.07 Å². The van der Waals surface area contributed by atoms with Crippen LogP contribution in [0.4, 0.5) is 5.82 Å². The molecule has 0 aliphatic rings. The van der Waals surface area contributed by atoms with Gasteiger partial charge in [-0.2, -0.15) is 5.26 Å². The summed E-state index contributed by atoms with van der Waals surface area (Å²) in [4.78, 5) is 7.83. The van der Waals surface area contributed by atoms with Crippen molar-refractivity contribution in [1.29, 1.82) is 5.26 Å². The molecule has 2 aromatic rings. The average molecular weight is 159 g/mol. The summed E-state index contributed by atoms with van der Waals surface area (Å²) in [7, 11) is 0. The van der Waals surface area contributed by atoms with E-state index in [1.165, 1.54) is 12.4 Å². The molecule has 0 unspecified atom stereocenters. The molecule has 0 aromatic carbocycles. The Kier molecular flexibility index (Phi) is 1.21. The maximum absolute atomic E-state index is 8.56. The van der Waals surface area contributed by atoms with Gasteiger partial charge in [0.1, 0.15) is 11.9 Å². The summed E-state index contributed by atoms with van der Waals surface area (Å²) in [5, 5.41) is 8.56. The number of nitrogens with zero attached hydrogens (tertiary/aromatic N) is 4. The van der Waals surface area contributed by atoms with Gasteiger partial charge in [0.05, 0.1) is 18.0 Å². The zero-order valence-corrected chi connectivity index (χ0v) is 6.10. The topological polar surface area (TPSA) is 80.0 Å². The van der Waals surface area contributed by atoms with Crippen LogP contribution in [0.5, 0.6) is 0 Å². The van der Waals surface area contributed by atoms with Crippen molar-refractivity contribution >= 4 is 11.6 Å². The minimum atomic E-state index is 0.465. The van der Waals surface area contributed by atoms with Crippen LogP contribution < -0.4 is 5.73 Å². The Hall–Kier alpha value is -2.09. The molecule has 2 N–H and O–H groups in total. The van der Waals surface area contributed by atoms with E-state index in [9.17, 15) is 0 Å². The molecule has 0 saturated carbocycles. The zero-order valence-electron chi connectivity index (χ0n) is 6.10. The Morgan fingerprint density at radius 3 is 2.92 bits per heavy atom. The fourth-order valence-corrected chi connectivity index (χ4v) is 0.949. The van der Waals surface area contributed by atoms with Crippen LogP contribution >= 0.6 is 0 Å². The molecule has 2 rings (SSSR count). The smallest absolute Gasteiger partial charge is 0.235 e. The summed E-state index contributed by atoms with van der Waals surface area (Å²) in [6, 6.07) is 1.97. The summed E-state index contributed by atoms with van der Waals surface area (Å²) in [6.07, 6.45) is 4.57. The largest absolute Gasteiger partial charge is 0.383 e. The fraction of sp³-hybridized carbons (Fsp3) is 0. The number of imidazole rings is 1. The van der Waals surface area contributed by atoms with E-state index in [2.05, 4.69) is 9.97 Å². The van der Waals surface area contributed by atoms with Crippen LogP contribution in [0.3, 0.4) is 0 Å². The van der Waals surface area contributed by atoms with E-state index >= 15 is 0 Å². The van der Waals surface area contributed by atoms with Gasteiger partial charge in [-0.25, -0.2) is 9.97 Å². The predicted molar refractivity (Wildman–Crippen MR) is 42.1 cm³/mol. The summed E-state index contributed by atoms with van der Waals surface area (Å²) >= 11 is 0. The lowest BCUT2D eigenvalue weighted by molar-refractivity contribution is 1.10. The lowest BCUT2D eigenvalue weighted by Gasteiger charge is -1.93. The molecule has 0 aliphatic heterocycles. The first-order valence-electron chi connectivity index (χ1n) is 3.30. The second kappa shape index (κ2) is 2.20. The maximum atomic E-state index is 8.56. The first-order chi connectivity index (χ1) is 5.81. The van der Waals surface area contributed by atoms with E-state index in [-0.39, 0.29) is 0 Å². The molecule has 58 valence electrons. The van der Waals surface area contributed by atoms with E-state index in [1.54, 1.807) is 10.6 Å². The zero-order chi connectivity index (χ0) is 8.55. The van der Waals surface area contributed by atoms with Crippen LogP contribution in [-0.4, -0.2) is 14.4 Å². The van der Waals surface area contributed by atoms with Crippen molar-refractivity contribution in [2.45, 2.75) is 0 Å². The Morgan fingerprint density at radius 1 is 1.42 bits per heavy atom. The Balaban J connectivity index is 2.82. The monoisotopic (exact) mass is 159 g/mol. The van der Waals surface area contributed by atoms with Gasteiger partial charge < -0.3 is 5.73 Å². The molecular formula is C7H5N5. The third-order valence-corrected chi connectivity index (χ3v) is 1.52. The van der Waals surface area contributed by atoms with Gasteiger partial charge in [-0.3, -0.25) is 4.40 Å². The summed E-state index contributed by atoms with van der Waals surface area (Å²) < 4.78 is 1.57. The number of nitrogen functional groups attached to an aromatic ring is 1. The highest BCUT2D eigenvalue weighted by atomic mass is 15.1. The van der Waals surface area contributed by atoms with Gasteiger partial charge in [0.15, 0.2) is 0 Å². The number of fused-ring (bicyclic) bond motifs is 1. The van der Waals surface area contributed by atoms with Gasteiger partial charge in [-0.05, 0) is 0 Å². The minimum Gasteiger partial charge on any atom is -0.383 e. The SMILES string of the molecule is N#Cc1cnc2ncc(N)n2c1. The lowest BCUT2D eigenvalue weighted by Crippen LogP contribution is -1.94. The number of nitrogens with two attached hydrogens (primary N) is 1. The van der Waals surface area contributed by atoms with E-state index in [0.29, 0.717) is 17.2 Å². The highest BCUT2D eigenvalue weighted by Gasteiger charge is 2.00. The van der Waals surface area contributed by atoms with Crippen molar-refractivity contribution in [2.24, 2.45) is 0 Å². The maximum Gasteiger partial charge on any atom is 0.235 e. The van der Waals surface area contributed by atoms with Gasteiger partial charge in [0.25, 0.3) is 0 Å². The normalized spacial score (nSPS) is 9.92. The second-order valence-electron chi connectivity index (χ2n) is 2.31. The van der Waals surface area contributed by atoms with E-state index < -0.39 is 0 Å². The van der Waals surface area contributed by atoms with Gasteiger partial charge in [0, 0.05) is 6.20 Å². The molecule has 5 heteroatoms. The number of aromatic nitrogens is 3. The highest BCUT2D eigenvalue weighted by Crippen LogP contribution is 2.06. The van der Waals surface area contributed by atoms with Crippen molar-refractivity contribution in [1.82, 2.24) is 14.4 Å². The number of nitriles is 1. The van der Waals surface area contributed by atoms with Crippen LogP contribution in [0.25, 0.3) is 5.78 Å². The molecule has 0 spiro atoms. The first-order valence-corrected chi connectivity index (χ1v) is 3.30. The predicted octanol–water partition coefficient (Wildman–Crippen LogP) is 0.183. The van der Waals surface area contributed by atoms with Crippen molar-refractivity contribution in [2.75, 3.05) is 5.73 Å². The van der Waals surface area contributed by atoms with Crippen LogP contribution in [0.2, 0.25) is 0 Å². The Labute approximate surface area is 68.1 Å². The van der Waals surface area contributed by atoms with Crippen molar-refractivity contribution in [3.8, 4) is 6.07 Å². The lowest BCUT2D eigenvalue weighted by atomic mass is 10.4. The molecule has 2 heterocycles. The van der Waals surface area contributed by atoms with Crippen LogP contribution in [0, 0.1) is 11.3 Å². The summed E-state index contributed by atoms with van der Waals surface area (Å²) in [6.45, 7) is 0. The third-order valence-electron chi connectivity index (χ3n) is 1.52. The molecule has 0 bridgehead atoms. The molecule has 2 aromatic heterocycles. The average Bonchev–Trinajstić information content (AvgIpc) is 2.47. The Bertz CT molecular complexity index is 464. The van der Waals surface area contributed by atoms with E-state index in [0.717, 1.165) is 0 Å². The number of anilines is 1. The molecule has 0 amide bonds. The molecule has 5 nitrogen and oxygen atoms in total. The molecule has 0 fully saturated rings. The van der Waals surface area contributed by atoms with Crippen molar-refractivity contribution in [3.63, 3.8) is 0 Å². The van der Waals surface area contributed by atoms with Crippen LogP contribution in [-0.2, 0) is 0 Å². The quantitative estimate of drug-likeness (QED) is 0.594. The highest BCUT2D eigenvalue weighted by molar-refractivity contribution is 5.43. The van der Waals surface area contributed by atoms with Crippen molar-refractivity contribution < 1.29 is 0 Å². The van der Waals surface area contributed by atoms with Gasteiger partial charge >= 0.3 is 0 Å². The molecule has 12 heavy (non-hydrogen) atoms. The molecule has 0 aliphatic carbocycles. The molecular weight excluding hydrogens is 154 g/mol. The summed E-state index contributed by atoms with van der Waals surface area (Å²) in [5.41, 5.74) is 6.02. The number of hydrogen-bond donors (Lipinski definition) is 1. The second-order valence-corrected chi connectivity index (χ2v) is 2.31. The van der Waals surface area contributed by atoms with E-state index in [4.69, 9.17) is 11.0 Å². The fourth-order valence-electron chi connectivity index (χ4n) is 0.949. The molecule has 0 atom stereocenters. The van der Waals surface area contributed by atoms with Crippen molar-refractivity contribution in [3.05, 3.63) is 24.2 Å². The van der Waals surface area contributed by atoms with Crippen LogP contribution in [0.1, 0.15) is 5.56 Å². The van der Waals surface area contributed by atoms with Crippen LogP contribution in [0.15, 0.2) is 18.6 Å². The molecule has 0 saturated heterocycles. The minimum absolute atomic E-state index is 0.465. The number of hydrogen-bond acceptors (Lipinski definition) is 4. The standard InChI is InChI=1S/C7H5N5/c8-1-5-2-10-7-11-3-6(9)12(7)4-5/h2-4H,9H2. The Morgan fingerprint density at radius 2 is 2.17 bits per heavy atom. The van der Waals surface area contributed by atoms with Gasteiger partial charge in [-0.15, -0.1) is 0 Å². The number of rotatable bonds is 0. The van der Waals surface area contributed by atoms with Gasteiger partial charge in [0.2, 0.25) is 5.78 Å². The van der Waals surface area contributed by atoms with Gasteiger partial charge in [-0.1, -0.05) is 0 Å². The first kappa shape index (κ1) is 6.61. The molecule has 0 radical (unpaired) electrons.